The van der Waals surface area contributed by atoms with Crippen LogP contribution in [-0.4, -0.2) is 37.9 Å². The van der Waals surface area contributed by atoms with Crippen LogP contribution < -0.4 is 4.74 Å². The van der Waals surface area contributed by atoms with Crippen molar-refractivity contribution >= 4 is 5.78 Å². The molecule has 2 rings (SSSR count). The molecule has 0 aliphatic rings. The Hall–Kier alpha value is -2.13. The Labute approximate surface area is 158 Å². The minimum atomic E-state index is 0.182. The topological polar surface area (TPSA) is 29.5 Å². The molecule has 3 nitrogen and oxygen atoms in total. The molecule has 0 saturated carbocycles. The maximum atomic E-state index is 12.3. The summed E-state index contributed by atoms with van der Waals surface area (Å²) < 4.78 is 5.78. The van der Waals surface area contributed by atoms with Crippen LogP contribution in [0.1, 0.15) is 48.0 Å². The van der Waals surface area contributed by atoms with E-state index in [0.717, 1.165) is 37.3 Å². The van der Waals surface area contributed by atoms with Crippen LogP contribution in [0.5, 0.6) is 5.75 Å². The molecule has 0 radical (unpaired) electrons. The Balaban J connectivity index is 1.65. The number of carbonyl (C=O) groups excluding carboxylic acids is 1. The first kappa shape index (κ1) is 20.2. The molecule has 3 heteroatoms. The quantitative estimate of drug-likeness (QED) is 0.397. The van der Waals surface area contributed by atoms with Crippen molar-refractivity contribution in [2.75, 3.05) is 27.2 Å². The minimum absolute atomic E-state index is 0.182. The van der Waals surface area contributed by atoms with Gasteiger partial charge in [0.25, 0.3) is 0 Å². The van der Waals surface area contributed by atoms with E-state index in [-0.39, 0.29) is 5.78 Å². The average molecular weight is 354 g/mol. The Morgan fingerprint density at radius 2 is 1.58 bits per heavy atom. The van der Waals surface area contributed by atoms with E-state index in [2.05, 4.69) is 31.1 Å². The molecule has 0 amide bonds. The number of Topliss-reactive ketones (excluding diaryl/α,β-unsaturated/α-hetero) is 1. The number of aryl methyl sites for hydroxylation is 1. The Morgan fingerprint density at radius 1 is 0.885 bits per heavy atom. The normalized spacial score (nSPS) is 10.9. The van der Waals surface area contributed by atoms with E-state index in [1.807, 2.05) is 42.5 Å². The molecule has 0 unspecified atom stereocenters. The fourth-order valence-electron chi connectivity index (χ4n) is 2.86. The lowest BCUT2D eigenvalue weighted by atomic mass is 10.0. The third-order valence-corrected chi connectivity index (χ3v) is 4.43. The molecule has 0 aliphatic carbocycles. The zero-order chi connectivity index (χ0) is 18.6. The number of ketones is 1. The summed E-state index contributed by atoms with van der Waals surface area (Å²) in [6, 6.07) is 17.7. The zero-order valence-corrected chi connectivity index (χ0v) is 16.1. The molecular weight excluding hydrogens is 322 g/mol. The minimum Gasteiger partial charge on any atom is -0.494 e. The van der Waals surface area contributed by atoms with E-state index >= 15 is 0 Å². The molecule has 140 valence electrons. The summed E-state index contributed by atoms with van der Waals surface area (Å²) in [7, 11) is 4.22. The van der Waals surface area contributed by atoms with Crippen molar-refractivity contribution in [3.63, 3.8) is 0 Å². The number of hydrogen-bond acceptors (Lipinski definition) is 3. The summed E-state index contributed by atoms with van der Waals surface area (Å²) >= 11 is 0. The second-order valence-corrected chi connectivity index (χ2v) is 7.00. The molecule has 0 spiro atoms. The van der Waals surface area contributed by atoms with Gasteiger partial charge in [0.2, 0.25) is 0 Å². The van der Waals surface area contributed by atoms with Crippen molar-refractivity contribution in [2.24, 2.45) is 0 Å². The van der Waals surface area contributed by atoms with Crippen molar-refractivity contribution in [1.29, 1.82) is 0 Å². The lowest BCUT2D eigenvalue weighted by Crippen LogP contribution is -2.12. The van der Waals surface area contributed by atoms with Crippen LogP contribution in [0.2, 0.25) is 0 Å². The lowest BCUT2D eigenvalue weighted by molar-refractivity contribution is 0.0983. The van der Waals surface area contributed by atoms with Crippen LogP contribution in [0, 0.1) is 0 Å². The SMILES string of the molecule is CN(C)CCCCCCOc1ccc(C(=O)CCc2ccccc2)cc1. The Kier molecular flexibility index (Phi) is 8.91. The molecule has 2 aromatic carbocycles. The number of unbranched alkanes of at least 4 members (excludes halogenated alkanes) is 3. The van der Waals surface area contributed by atoms with Crippen molar-refractivity contribution in [1.82, 2.24) is 4.90 Å². The van der Waals surface area contributed by atoms with Gasteiger partial charge in [-0.15, -0.1) is 0 Å². The van der Waals surface area contributed by atoms with Crippen LogP contribution in [-0.2, 0) is 6.42 Å². The maximum Gasteiger partial charge on any atom is 0.163 e. The van der Waals surface area contributed by atoms with E-state index < -0.39 is 0 Å². The van der Waals surface area contributed by atoms with Crippen molar-refractivity contribution in [3.8, 4) is 5.75 Å². The molecule has 0 saturated heterocycles. The van der Waals surface area contributed by atoms with Crippen molar-refractivity contribution in [3.05, 3.63) is 65.7 Å². The van der Waals surface area contributed by atoms with Gasteiger partial charge in [-0.1, -0.05) is 43.2 Å². The highest BCUT2D eigenvalue weighted by Crippen LogP contribution is 2.15. The van der Waals surface area contributed by atoms with Gasteiger partial charge in [-0.3, -0.25) is 4.79 Å². The summed E-state index contributed by atoms with van der Waals surface area (Å²) in [5, 5.41) is 0. The van der Waals surface area contributed by atoms with Crippen LogP contribution >= 0.6 is 0 Å². The molecule has 0 atom stereocenters. The largest absolute Gasteiger partial charge is 0.494 e. The summed E-state index contributed by atoms with van der Waals surface area (Å²) in [6.45, 7) is 1.89. The lowest BCUT2D eigenvalue weighted by Gasteiger charge is -2.09. The van der Waals surface area contributed by atoms with E-state index in [0.29, 0.717) is 6.42 Å². The summed E-state index contributed by atoms with van der Waals surface area (Å²) in [5.41, 5.74) is 1.96. The number of hydrogen-bond donors (Lipinski definition) is 0. The van der Waals surface area contributed by atoms with Gasteiger partial charge in [-0.05, 0) is 69.7 Å². The fraction of sp³-hybridized carbons (Fsp3) is 0.435. The highest BCUT2D eigenvalue weighted by atomic mass is 16.5. The molecule has 0 aromatic heterocycles. The number of rotatable bonds is 12. The van der Waals surface area contributed by atoms with Crippen LogP contribution in [0.25, 0.3) is 0 Å². The molecule has 2 aromatic rings. The monoisotopic (exact) mass is 353 g/mol. The number of benzene rings is 2. The van der Waals surface area contributed by atoms with Crippen LogP contribution in [0.3, 0.4) is 0 Å². The van der Waals surface area contributed by atoms with Gasteiger partial charge < -0.3 is 9.64 Å². The number of nitrogens with zero attached hydrogens (tertiary/aromatic N) is 1. The maximum absolute atomic E-state index is 12.3. The number of ether oxygens (including phenoxy) is 1. The zero-order valence-electron chi connectivity index (χ0n) is 16.1. The van der Waals surface area contributed by atoms with Gasteiger partial charge in [0.15, 0.2) is 5.78 Å². The van der Waals surface area contributed by atoms with Gasteiger partial charge in [0.05, 0.1) is 6.61 Å². The van der Waals surface area contributed by atoms with Crippen molar-refractivity contribution in [2.45, 2.75) is 38.5 Å². The predicted octanol–water partition coefficient (Wildman–Crippen LogP) is 5.00. The van der Waals surface area contributed by atoms with E-state index in [4.69, 9.17) is 4.74 Å². The second kappa shape index (κ2) is 11.5. The predicted molar refractivity (Wildman–Crippen MR) is 108 cm³/mol. The first-order valence-corrected chi connectivity index (χ1v) is 9.60. The Bertz CT molecular complexity index is 635. The standard InChI is InChI=1S/C23H31NO2/c1-24(2)18-8-3-4-9-19-26-22-15-13-21(14-16-22)23(25)17-12-20-10-6-5-7-11-20/h5-7,10-11,13-16H,3-4,8-9,12,17-19H2,1-2H3. The van der Waals surface area contributed by atoms with Crippen LogP contribution in [0.15, 0.2) is 54.6 Å². The molecule has 0 fully saturated rings. The molecular formula is C23H31NO2. The smallest absolute Gasteiger partial charge is 0.163 e. The van der Waals surface area contributed by atoms with Gasteiger partial charge in [0, 0.05) is 12.0 Å². The van der Waals surface area contributed by atoms with E-state index in [1.54, 1.807) is 0 Å². The first-order chi connectivity index (χ1) is 12.6. The summed E-state index contributed by atoms with van der Waals surface area (Å²) in [6.07, 6.45) is 6.08. The highest BCUT2D eigenvalue weighted by molar-refractivity contribution is 5.96. The second-order valence-electron chi connectivity index (χ2n) is 7.00. The van der Waals surface area contributed by atoms with Gasteiger partial charge in [0.1, 0.15) is 5.75 Å². The molecule has 0 aliphatic heterocycles. The molecule has 26 heavy (non-hydrogen) atoms. The highest BCUT2D eigenvalue weighted by Gasteiger charge is 2.06. The van der Waals surface area contributed by atoms with Gasteiger partial charge in [-0.25, -0.2) is 0 Å². The van der Waals surface area contributed by atoms with Gasteiger partial charge >= 0.3 is 0 Å². The molecule has 0 bridgehead atoms. The summed E-state index contributed by atoms with van der Waals surface area (Å²) in [4.78, 5) is 14.5. The summed E-state index contributed by atoms with van der Waals surface area (Å²) in [5.74, 6) is 1.03. The third kappa shape index (κ3) is 7.83. The molecule has 0 N–H and O–H groups in total. The van der Waals surface area contributed by atoms with Crippen molar-refractivity contribution < 1.29 is 9.53 Å². The Morgan fingerprint density at radius 3 is 2.27 bits per heavy atom. The molecule has 0 heterocycles. The first-order valence-electron chi connectivity index (χ1n) is 9.60. The van der Waals surface area contributed by atoms with E-state index in [1.165, 1.54) is 24.8 Å². The van der Waals surface area contributed by atoms with Crippen LogP contribution in [0.4, 0.5) is 0 Å². The third-order valence-electron chi connectivity index (χ3n) is 4.43. The van der Waals surface area contributed by atoms with Gasteiger partial charge in [-0.2, -0.15) is 0 Å². The fourth-order valence-corrected chi connectivity index (χ4v) is 2.86. The average Bonchev–Trinajstić information content (AvgIpc) is 2.66. The number of carbonyl (C=O) groups is 1. The van der Waals surface area contributed by atoms with E-state index in [9.17, 15) is 4.79 Å².